The van der Waals surface area contributed by atoms with Crippen LogP contribution in [0.2, 0.25) is 0 Å². The Hall–Kier alpha value is -2.57. The molecule has 4 N–H and O–H groups in total. The molecular weight excluding hydrogens is 445 g/mol. The number of rotatable bonds is 5. The molecule has 0 radical (unpaired) electrons. The number of hydrogen-bond acceptors (Lipinski definition) is 7. The summed E-state index contributed by atoms with van der Waals surface area (Å²) in [5.41, 5.74) is 3.40. The molecule has 1 aromatic heterocycles. The van der Waals surface area contributed by atoms with E-state index in [1.165, 1.54) is 4.57 Å². The van der Waals surface area contributed by atoms with E-state index in [2.05, 4.69) is 20.9 Å². The van der Waals surface area contributed by atoms with Gasteiger partial charge in [0, 0.05) is 5.56 Å². The van der Waals surface area contributed by atoms with Crippen LogP contribution in [0, 0.1) is 10.1 Å². The predicted octanol–water partition coefficient (Wildman–Crippen LogP) is 1.11. The summed E-state index contributed by atoms with van der Waals surface area (Å²) in [4.78, 5) is 14.1. The molecule has 0 saturated heterocycles. The number of hydrogen-bond donors (Lipinski definition) is 4. The van der Waals surface area contributed by atoms with E-state index < -0.39 is 12.0 Å². The van der Waals surface area contributed by atoms with E-state index in [1.54, 1.807) is 55.6 Å². The smallest absolute Gasteiger partial charge is 0.423 e. The molecule has 152 valence electrons. The first-order valence-corrected chi connectivity index (χ1v) is 9.20. The maximum absolute atomic E-state index is 10.8. The lowest BCUT2D eigenvalue weighted by atomic mass is 9.80. The zero-order valence-corrected chi connectivity index (χ0v) is 17.0. The topological polar surface area (TPSA) is 142 Å². The van der Waals surface area contributed by atoms with Gasteiger partial charge in [-0.05, 0) is 37.4 Å². The summed E-state index contributed by atoms with van der Waals surface area (Å²) in [6, 6.07) is 13.5. The van der Waals surface area contributed by atoms with Crippen molar-refractivity contribution in [3.63, 3.8) is 0 Å². The van der Waals surface area contributed by atoms with E-state index in [1.807, 2.05) is 0 Å². The molecule has 3 rings (SSSR count). The van der Waals surface area contributed by atoms with Gasteiger partial charge in [-0.2, -0.15) is 0 Å². The molecule has 9 nitrogen and oxygen atoms in total. The second-order valence-electron chi connectivity index (χ2n) is 6.00. The molecule has 11 heteroatoms. The molecule has 0 amide bonds. The maximum Gasteiger partial charge on any atom is 0.488 e. The standard InChI is InChI=1S/C11H10BrN3O3.C7H9BO3/c1-14-9(10(12)13-11(14)15(17)18)8-4-2-7(6-16)3-5-8;9-5-6-1-3-7(4-2-6)8(10)11/h2-5,16H,6H2,1H3;1-4,9-11H,5H2. The van der Waals surface area contributed by atoms with Crippen molar-refractivity contribution in [1.82, 2.24) is 9.55 Å². The first-order valence-electron chi connectivity index (χ1n) is 8.41. The fraction of sp³-hybridized carbons (Fsp3) is 0.167. The third-order valence-corrected chi connectivity index (χ3v) is 4.62. The van der Waals surface area contributed by atoms with Crippen LogP contribution in [-0.2, 0) is 20.3 Å². The normalized spacial score (nSPS) is 10.3. The van der Waals surface area contributed by atoms with Crippen LogP contribution in [0.3, 0.4) is 0 Å². The van der Waals surface area contributed by atoms with Crippen molar-refractivity contribution in [3.8, 4) is 11.3 Å². The lowest BCUT2D eigenvalue weighted by Crippen LogP contribution is -2.29. The second kappa shape index (κ2) is 10.3. The third kappa shape index (κ3) is 5.72. The van der Waals surface area contributed by atoms with Gasteiger partial charge in [-0.25, -0.2) is 4.57 Å². The Kier molecular flexibility index (Phi) is 8.05. The zero-order chi connectivity index (χ0) is 21.6. The van der Waals surface area contributed by atoms with E-state index in [4.69, 9.17) is 20.3 Å². The molecule has 0 aliphatic rings. The largest absolute Gasteiger partial charge is 0.488 e. The molecule has 0 saturated carbocycles. The molecule has 0 atom stereocenters. The average molecular weight is 464 g/mol. The van der Waals surface area contributed by atoms with Crippen LogP contribution >= 0.6 is 15.9 Å². The van der Waals surface area contributed by atoms with Crippen LogP contribution in [0.1, 0.15) is 11.1 Å². The summed E-state index contributed by atoms with van der Waals surface area (Å²) in [7, 11) is 0.160. The Labute approximate surface area is 175 Å². The lowest BCUT2D eigenvalue weighted by molar-refractivity contribution is -0.396. The predicted molar refractivity (Wildman–Crippen MR) is 111 cm³/mol. The number of aromatic nitrogens is 2. The Morgan fingerprint density at radius 2 is 1.52 bits per heavy atom. The van der Waals surface area contributed by atoms with Crippen LogP contribution in [0.15, 0.2) is 53.1 Å². The molecule has 0 fully saturated rings. The summed E-state index contributed by atoms with van der Waals surface area (Å²) in [5, 5.41) is 45.8. The van der Waals surface area contributed by atoms with Crippen molar-refractivity contribution in [3.05, 3.63) is 74.4 Å². The number of benzene rings is 2. The highest BCUT2D eigenvalue weighted by Gasteiger charge is 2.24. The maximum atomic E-state index is 10.8. The number of halogens is 1. The second-order valence-corrected chi connectivity index (χ2v) is 6.75. The van der Waals surface area contributed by atoms with Crippen LogP contribution in [-0.4, -0.2) is 41.9 Å². The number of aliphatic hydroxyl groups is 2. The van der Waals surface area contributed by atoms with E-state index in [0.717, 1.165) is 16.7 Å². The van der Waals surface area contributed by atoms with E-state index >= 15 is 0 Å². The van der Waals surface area contributed by atoms with Crippen molar-refractivity contribution in [2.75, 3.05) is 0 Å². The number of nitro groups is 1. The Bertz CT molecular complexity index is 961. The van der Waals surface area contributed by atoms with Gasteiger partial charge in [-0.1, -0.05) is 53.5 Å². The zero-order valence-electron chi connectivity index (χ0n) is 15.4. The van der Waals surface area contributed by atoms with Crippen LogP contribution in [0.4, 0.5) is 5.95 Å². The average Bonchev–Trinajstić information content (AvgIpc) is 3.03. The highest BCUT2D eigenvalue weighted by Crippen LogP contribution is 2.31. The molecule has 0 aliphatic carbocycles. The van der Waals surface area contributed by atoms with Gasteiger partial charge in [-0.15, -0.1) is 0 Å². The van der Waals surface area contributed by atoms with Gasteiger partial charge >= 0.3 is 13.1 Å². The lowest BCUT2D eigenvalue weighted by Gasteiger charge is -2.02. The minimum atomic E-state index is -1.43. The molecule has 29 heavy (non-hydrogen) atoms. The number of aliphatic hydroxyl groups excluding tert-OH is 2. The monoisotopic (exact) mass is 463 g/mol. The van der Waals surface area contributed by atoms with Gasteiger partial charge in [0.05, 0.1) is 20.3 Å². The third-order valence-electron chi connectivity index (χ3n) is 4.06. The van der Waals surface area contributed by atoms with Crippen LogP contribution in [0.5, 0.6) is 0 Å². The molecule has 0 spiro atoms. The molecule has 0 unspecified atom stereocenters. The van der Waals surface area contributed by atoms with Crippen LogP contribution in [0.25, 0.3) is 11.3 Å². The van der Waals surface area contributed by atoms with Gasteiger partial charge < -0.3 is 30.4 Å². The van der Waals surface area contributed by atoms with Crippen molar-refractivity contribution in [2.45, 2.75) is 13.2 Å². The number of imidazole rings is 1. The van der Waals surface area contributed by atoms with Crippen molar-refractivity contribution in [2.24, 2.45) is 7.05 Å². The van der Waals surface area contributed by atoms with Crippen molar-refractivity contribution >= 4 is 34.5 Å². The Balaban J connectivity index is 0.000000234. The fourth-order valence-electron chi connectivity index (χ4n) is 2.49. The molecule has 3 aromatic rings. The summed E-state index contributed by atoms with van der Waals surface area (Å²) in [6.45, 7) is -0.0607. The first-order chi connectivity index (χ1) is 13.8. The Morgan fingerprint density at radius 1 is 1.03 bits per heavy atom. The van der Waals surface area contributed by atoms with Gasteiger partial charge in [0.25, 0.3) is 0 Å². The number of nitrogens with zero attached hydrogens (tertiary/aromatic N) is 3. The Morgan fingerprint density at radius 3 is 1.90 bits per heavy atom. The van der Waals surface area contributed by atoms with Crippen LogP contribution < -0.4 is 5.46 Å². The SMILES string of the molecule is Cn1c([N+](=O)[O-])nc(Br)c1-c1ccc(CO)cc1.OCc1ccc(B(O)O)cc1. The highest BCUT2D eigenvalue weighted by atomic mass is 79.9. The molecular formula is C18H19BBrN3O6. The van der Waals surface area contributed by atoms with Crippen molar-refractivity contribution < 1.29 is 25.2 Å². The molecule has 0 bridgehead atoms. The minimum Gasteiger partial charge on any atom is -0.423 e. The summed E-state index contributed by atoms with van der Waals surface area (Å²) >= 11 is 3.22. The molecule has 0 aliphatic heterocycles. The molecule has 2 aromatic carbocycles. The van der Waals surface area contributed by atoms with E-state index in [-0.39, 0.29) is 19.2 Å². The first kappa shape index (κ1) is 22.7. The van der Waals surface area contributed by atoms with Crippen molar-refractivity contribution in [1.29, 1.82) is 0 Å². The van der Waals surface area contributed by atoms with Gasteiger partial charge in [0.1, 0.15) is 0 Å². The summed E-state index contributed by atoms with van der Waals surface area (Å²) in [5.74, 6) is -0.219. The minimum absolute atomic E-state index is 0.0260. The summed E-state index contributed by atoms with van der Waals surface area (Å²) in [6.07, 6.45) is 0. The molecule has 1 heterocycles. The van der Waals surface area contributed by atoms with Gasteiger partial charge in [0.15, 0.2) is 5.69 Å². The quantitative estimate of drug-likeness (QED) is 0.252. The fourth-order valence-corrected chi connectivity index (χ4v) is 3.15. The van der Waals surface area contributed by atoms with E-state index in [0.29, 0.717) is 15.8 Å². The van der Waals surface area contributed by atoms with E-state index in [9.17, 15) is 10.1 Å². The summed E-state index contributed by atoms with van der Waals surface area (Å²) < 4.78 is 1.84. The highest BCUT2D eigenvalue weighted by molar-refractivity contribution is 9.10. The van der Waals surface area contributed by atoms with Gasteiger partial charge in [0.2, 0.25) is 4.60 Å². The van der Waals surface area contributed by atoms with Gasteiger partial charge in [-0.3, -0.25) is 0 Å².